The average molecular weight is 817 g/mol. The zero-order chi connectivity index (χ0) is 38.8. The zero-order valence-corrected chi connectivity index (χ0v) is 39.2. The SMILES string of the molecule is C/C=C/C.CC(C)(C)P(c1ccccn1)C1CCCC1.CC(C)(C)P(c1ccccn1)C1CCCC1.CCCC(C)(C)C(=O)OC.CO.[C-]#[O+].[CH3-].[CH3-].[Fe+2]. The number of hydrogen-bond donors (Lipinski definition) is 1. The molecule has 2 saturated carbocycles. The molecule has 2 unspecified atom stereocenters. The fourth-order valence-corrected chi connectivity index (χ4v) is 13.4. The molecule has 1 N–H and O–H groups in total. The van der Waals surface area contributed by atoms with Gasteiger partial charge in [0.05, 0.1) is 23.4 Å². The summed E-state index contributed by atoms with van der Waals surface area (Å²) < 4.78 is 12.1. The van der Waals surface area contributed by atoms with Crippen LogP contribution in [-0.2, 0) is 31.3 Å². The standard InChI is InChI=1S/2C14H22NP.C8H16O2.C4H8.CH4O.CO.2CH3.Fe/c2*1-14(2,3)16(12-8-4-5-9-12)13-10-6-7-11-15-13;1-5-6-8(2,3)7(9)10-4;1-3-4-2;2*1-2;;;/h2*6-7,10-12H,4-5,8-9H2,1-3H3;5-6H2,1-4H3;3-4H,1-2H3;2H,1H3;;2*1H3;/q;;;;;;2*-1;+2/b;;;4-3+;;;;;. The maximum absolute atomic E-state index is 11.0. The van der Waals surface area contributed by atoms with Crippen molar-refractivity contribution in [2.24, 2.45) is 5.41 Å². The minimum absolute atomic E-state index is 0. The van der Waals surface area contributed by atoms with E-state index in [9.17, 15) is 4.79 Å². The number of carbonyl (C=O) groups is 1. The first-order valence-corrected chi connectivity index (χ1v) is 21.2. The molecule has 0 saturated heterocycles. The molecule has 0 spiro atoms. The van der Waals surface area contributed by atoms with Crippen molar-refractivity contribution in [3.8, 4) is 0 Å². The minimum Gasteiger partial charge on any atom is -0.358 e. The number of ether oxygens (including phenoxy) is 1. The van der Waals surface area contributed by atoms with Crippen LogP contribution in [0.5, 0.6) is 0 Å². The second-order valence-electron chi connectivity index (χ2n) is 15.1. The molecule has 4 rings (SSSR count). The smallest absolute Gasteiger partial charge is 0.358 e. The van der Waals surface area contributed by atoms with Crippen LogP contribution in [0.3, 0.4) is 0 Å². The van der Waals surface area contributed by atoms with Crippen LogP contribution in [0, 0.1) is 26.9 Å². The van der Waals surface area contributed by atoms with E-state index in [1.165, 1.54) is 69.3 Å². The Morgan fingerprint density at radius 1 is 0.774 bits per heavy atom. The van der Waals surface area contributed by atoms with Crippen LogP contribution in [0.2, 0.25) is 0 Å². The molecule has 306 valence electrons. The van der Waals surface area contributed by atoms with E-state index in [1.807, 2.05) is 64.4 Å². The van der Waals surface area contributed by atoms with Crippen molar-refractivity contribution in [1.29, 1.82) is 0 Å². The van der Waals surface area contributed by atoms with Crippen molar-refractivity contribution in [3.63, 3.8) is 0 Å². The molecule has 2 aliphatic carbocycles. The summed E-state index contributed by atoms with van der Waals surface area (Å²) in [6.07, 6.45) is 21.2. The number of aromatic nitrogens is 2. The summed E-state index contributed by atoms with van der Waals surface area (Å²) in [7, 11) is 2.21. The van der Waals surface area contributed by atoms with Crippen LogP contribution < -0.4 is 10.9 Å². The summed E-state index contributed by atoms with van der Waals surface area (Å²) in [4.78, 5) is 20.2. The van der Waals surface area contributed by atoms with E-state index in [-0.39, 0.29) is 59.1 Å². The molecule has 2 aromatic rings. The quantitative estimate of drug-likeness (QED) is 0.0750. The van der Waals surface area contributed by atoms with E-state index in [0.29, 0.717) is 10.3 Å². The Hall–Kier alpha value is -1.41. The second-order valence-corrected chi connectivity index (χ2v) is 21.7. The van der Waals surface area contributed by atoms with Crippen LogP contribution in [0.1, 0.15) is 140 Å². The predicted molar refractivity (Wildman–Crippen MR) is 232 cm³/mol. The molecule has 2 aliphatic rings. The van der Waals surface area contributed by atoms with E-state index >= 15 is 0 Å². The van der Waals surface area contributed by atoms with Gasteiger partial charge in [-0.25, -0.2) is 0 Å². The first kappa shape index (κ1) is 60.8. The predicted octanol–water partition coefficient (Wildman–Crippen LogP) is 11.9. The average Bonchev–Trinajstić information content (AvgIpc) is 3.82. The van der Waals surface area contributed by atoms with Crippen LogP contribution in [0.15, 0.2) is 60.9 Å². The molecule has 53 heavy (non-hydrogen) atoms. The summed E-state index contributed by atoms with van der Waals surface area (Å²) in [5.74, 6) is -0.116. The molecule has 0 amide bonds. The zero-order valence-electron chi connectivity index (χ0n) is 36.3. The fourth-order valence-electron chi connectivity index (χ4n) is 6.48. The van der Waals surface area contributed by atoms with E-state index in [0.717, 1.165) is 31.3 Å². The Bertz CT molecular complexity index is 1080. The van der Waals surface area contributed by atoms with Gasteiger partial charge >= 0.3 is 34.3 Å². The minimum atomic E-state index is -0.302. The van der Waals surface area contributed by atoms with Gasteiger partial charge in [-0.15, -0.1) is 0 Å². The van der Waals surface area contributed by atoms with Crippen molar-refractivity contribution >= 4 is 32.7 Å². The molecular formula is C44H78FeN2O4P2. The van der Waals surface area contributed by atoms with Crippen molar-refractivity contribution in [3.05, 3.63) is 82.4 Å². The molecule has 0 bridgehead atoms. The van der Waals surface area contributed by atoms with Gasteiger partial charge in [-0.3, -0.25) is 14.8 Å². The summed E-state index contributed by atoms with van der Waals surface area (Å²) in [6, 6.07) is 12.8. The molecule has 6 nitrogen and oxygen atoms in total. The third-order valence-corrected chi connectivity index (χ3v) is 15.5. The van der Waals surface area contributed by atoms with E-state index in [4.69, 9.17) is 9.76 Å². The molecule has 0 aromatic carbocycles. The molecule has 2 atom stereocenters. The molecular weight excluding hydrogens is 738 g/mol. The fraction of sp³-hybridized carbons (Fsp3) is 0.636. The maximum atomic E-state index is 11.0. The van der Waals surface area contributed by atoms with Crippen LogP contribution in [0.25, 0.3) is 0 Å². The van der Waals surface area contributed by atoms with Crippen LogP contribution in [-0.4, -0.2) is 56.9 Å². The van der Waals surface area contributed by atoms with Gasteiger partial charge in [0.15, 0.2) is 0 Å². The van der Waals surface area contributed by atoms with E-state index in [2.05, 4.69) is 94.1 Å². The summed E-state index contributed by atoms with van der Waals surface area (Å²) >= 11 is 0. The van der Waals surface area contributed by atoms with Crippen molar-refractivity contribution in [2.45, 2.75) is 162 Å². The molecule has 2 heterocycles. The Morgan fingerprint density at radius 3 is 1.30 bits per heavy atom. The molecule has 0 aliphatic heterocycles. The number of aliphatic hydroxyl groups excluding tert-OH is 1. The second kappa shape index (κ2) is 33.9. The van der Waals surface area contributed by atoms with Crippen LogP contribution in [0.4, 0.5) is 0 Å². The number of allylic oxidation sites excluding steroid dienone is 2. The Kier molecular flexibility index (Phi) is 38.9. The Morgan fingerprint density at radius 2 is 1.09 bits per heavy atom. The molecule has 2 aromatic heterocycles. The van der Waals surface area contributed by atoms with Crippen LogP contribution >= 0.6 is 15.8 Å². The van der Waals surface area contributed by atoms with Crippen molar-refractivity contribution < 1.29 is 36.4 Å². The van der Waals surface area contributed by atoms with Gasteiger partial charge in [0.1, 0.15) is 0 Å². The van der Waals surface area contributed by atoms with E-state index in [1.54, 1.807) is 0 Å². The van der Waals surface area contributed by atoms with Crippen molar-refractivity contribution in [2.75, 3.05) is 14.2 Å². The van der Waals surface area contributed by atoms with Gasteiger partial charge in [-0.2, -0.15) is 0 Å². The first-order chi connectivity index (χ1) is 23.6. The summed E-state index contributed by atoms with van der Waals surface area (Å²) in [6.45, 7) is 28.7. The molecule has 0 radical (unpaired) electrons. The number of nitrogens with zero attached hydrogens (tertiary/aromatic N) is 2. The van der Waals surface area contributed by atoms with Gasteiger partial charge in [0.2, 0.25) is 0 Å². The first-order valence-electron chi connectivity index (χ1n) is 18.4. The number of rotatable bonds is 7. The number of pyridine rings is 2. The van der Waals surface area contributed by atoms with Gasteiger partial charge in [0.25, 0.3) is 0 Å². The largest absolute Gasteiger partial charge is 2.00 e. The number of carbonyl (C=O) groups excluding carboxylic acids is 1. The number of methoxy groups -OCH3 is 1. The molecule has 2 fully saturated rings. The Balaban J connectivity index is -0.000000197. The van der Waals surface area contributed by atoms with E-state index < -0.39 is 0 Å². The normalized spacial score (nSPS) is 15.0. The maximum Gasteiger partial charge on any atom is 2.00 e. The van der Waals surface area contributed by atoms with Gasteiger partial charge in [-0.1, -0.05) is 105 Å². The summed E-state index contributed by atoms with van der Waals surface area (Å²) in [5.41, 5.74) is 4.23. The van der Waals surface area contributed by atoms with Crippen molar-refractivity contribution in [1.82, 2.24) is 9.97 Å². The number of aliphatic hydroxyl groups is 1. The van der Waals surface area contributed by atoms with Gasteiger partial charge < -0.3 is 24.7 Å². The molecule has 9 heteroatoms. The number of esters is 1. The monoisotopic (exact) mass is 816 g/mol. The topological polar surface area (TPSA) is 92.2 Å². The summed E-state index contributed by atoms with van der Waals surface area (Å²) in [5, 5.41) is 7.78. The Labute approximate surface area is 341 Å². The third-order valence-electron chi connectivity index (χ3n) is 8.56. The van der Waals surface area contributed by atoms with Gasteiger partial charge in [0, 0.05) is 19.5 Å². The number of hydrogen-bond acceptors (Lipinski definition) is 5. The van der Waals surface area contributed by atoms with Gasteiger partial charge in [-0.05, 0) is 122 Å². The third kappa shape index (κ3) is 24.7.